The molecule has 1 aliphatic rings. The van der Waals surface area contributed by atoms with Crippen molar-refractivity contribution in [1.82, 2.24) is 4.57 Å². The van der Waals surface area contributed by atoms with Crippen LogP contribution in [0.3, 0.4) is 0 Å². The van der Waals surface area contributed by atoms with E-state index in [4.69, 9.17) is 18.9 Å². The van der Waals surface area contributed by atoms with Gasteiger partial charge in [-0.3, -0.25) is 9.59 Å². The molecule has 0 spiro atoms. The maximum absolute atomic E-state index is 12.6. The van der Waals surface area contributed by atoms with Gasteiger partial charge in [0.15, 0.2) is 5.92 Å². The molecule has 0 amide bonds. The highest BCUT2D eigenvalue weighted by molar-refractivity contribution is 6.04. The Morgan fingerprint density at radius 1 is 0.880 bits per heavy atom. The zero-order valence-corrected chi connectivity index (χ0v) is 14.1. The van der Waals surface area contributed by atoms with Gasteiger partial charge >= 0.3 is 11.9 Å². The molecular weight excluding hydrogens is 326 g/mol. The number of carbonyl (C=O) groups excluding carboxylic acids is 2. The molecular formula is C18H21NO6. The molecule has 1 fully saturated rings. The van der Waals surface area contributed by atoms with E-state index in [1.54, 1.807) is 6.20 Å². The summed E-state index contributed by atoms with van der Waals surface area (Å²) in [7, 11) is 1.86. The minimum Gasteiger partial charge on any atom is -0.462 e. The predicted molar refractivity (Wildman–Crippen MR) is 89.2 cm³/mol. The number of cyclic esters (lactones) is 2. The predicted octanol–water partition coefficient (Wildman–Crippen LogP) is 1.40. The van der Waals surface area contributed by atoms with E-state index in [2.05, 4.69) is 0 Å². The Balaban J connectivity index is 1.92. The van der Waals surface area contributed by atoms with Gasteiger partial charge in [0.25, 0.3) is 0 Å². The SMILES string of the molecule is Cn1cc(C2C(=O)OCCOCCOCCOC2=O)c2ccccc21. The standard InChI is InChI=1S/C18H21NO6/c1-19-12-14(13-4-2-3-5-15(13)19)16-17(20)24-10-8-22-6-7-23-9-11-25-18(16)21/h2-5,12,16H,6-11H2,1H3. The van der Waals surface area contributed by atoms with Gasteiger partial charge in [-0.15, -0.1) is 0 Å². The number of aromatic nitrogens is 1. The minimum absolute atomic E-state index is 0.0768. The molecule has 2 heterocycles. The summed E-state index contributed by atoms with van der Waals surface area (Å²) in [6.45, 7) is 1.47. The molecule has 0 bridgehead atoms. The van der Waals surface area contributed by atoms with Crippen LogP contribution in [0, 0.1) is 0 Å². The van der Waals surface area contributed by atoms with E-state index in [9.17, 15) is 9.59 Å². The smallest absolute Gasteiger partial charge is 0.325 e. The number of aryl methyl sites for hydroxylation is 1. The van der Waals surface area contributed by atoms with Crippen LogP contribution in [-0.4, -0.2) is 56.1 Å². The Kier molecular flexibility index (Phi) is 5.67. The topological polar surface area (TPSA) is 76.0 Å². The number of esters is 2. The first kappa shape index (κ1) is 17.4. The molecule has 7 heteroatoms. The fourth-order valence-corrected chi connectivity index (χ4v) is 2.84. The summed E-state index contributed by atoms with van der Waals surface area (Å²) in [6.07, 6.45) is 1.77. The van der Waals surface area contributed by atoms with Crippen LogP contribution in [0.4, 0.5) is 0 Å². The van der Waals surface area contributed by atoms with Crippen LogP contribution in [0.5, 0.6) is 0 Å². The summed E-state index contributed by atoms with van der Waals surface area (Å²) in [5, 5.41) is 0.820. The van der Waals surface area contributed by atoms with E-state index in [1.165, 1.54) is 0 Å². The zero-order valence-electron chi connectivity index (χ0n) is 14.1. The Morgan fingerprint density at radius 2 is 1.44 bits per heavy atom. The Labute approximate surface area is 145 Å². The second kappa shape index (κ2) is 8.13. The van der Waals surface area contributed by atoms with E-state index in [-0.39, 0.29) is 26.4 Å². The molecule has 0 unspecified atom stereocenters. The highest BCUT2D eigenvalue weighted by Crippen LogP contribution is 2.29. The average Bonchev–Trinajstić information content (AvgIpc) is 2.94. The number of ether oxygens (including phenoxy) is 4. The molecule has 0 aliphatic carbocycles. The van der Waals surface area contributed by atoms with Crippen molar-refractivity contribution in [2.24, 2.45) is 7.05 Å². The lowest BCUT2D eigenvalue weighted by atomic mass is 9.98. The minimum atomic E-state index is -1.13. The lowest BCUT2D eigenvalue weighted by Gasteiger charge is -2.14. The number of fused-ring (bicyclic) bond motifs is 1. The summed E-state index contributed by atoms with van der Waals surface area (Å²) < 4.78 is 23.0. The first-order valence-electron chi connectivity index (χ1n) is 8.21. The summed E-state index contributed by atoms with van der Waals surface area (Å²) in [5.41, 5.74) is 1.50. The molecule has 134 valence electrons. The number of benzene rings is 1. The number of para-hydroxylation sites is 1. The van der Waals surface area contributed by atoms with E-state index >= 15 is 0 Å². The van der Waals surface area contributed by atoms with Crippen molar-refractivity contribution in [3.63, 3.8) is 0 Å². The van der Waals surface area contributed by atoms with Crippen molar-refractivity contribution in [2.45, 2.75) is 5.92 Å². The second-order valence-electron chi connectivity index (χ2n) is 5.71. The highest BCUT2D eigenvalue weighted by Gasteiger charge is 2.34. The fraction of sp³-hybridized carbons (Fsp3) is 0.444. The molecule has 0 radical (unpaired) electrons. The third-order valence-electron chi connectivity index (χ3n) is 4.03. The van der Waals surface area contributed by atoms with Crippen LogP contribution in [0.25, 0.3) is 10.9 Å². The molecule has 0 N–H and O–H groups in total. The molecule has 0 saturated carbocycles. The van der Waals surface area contributed by atoms with Crippen molar-refractivity contribution < 1.29 is 28.5 Å². The molecule has 7 nitrogen and oxygen atoms in total. The second-order valence-corrected chi connectivity index (χ2v) is 5.71. The maximum Gasteiger partial charge on any atom is 0.325 e. The van der Waals surface area contributed by atoms with E-state index in [0.29, 0.717) is 18.8 Å². The van der Waals surface area contributed by atoms with E-state index in [1.807, 2.05) is 35.9 Å². The number of hydrogen-bond acceptors (Lipinski definition) is 6. The third kappa shape index (κ3) is 4.00. The van der Waals surface area contributed by atoms with Gasteiger partial charge in [-0.25, -0.2) is 0 Å². The molecule has 25 heavy (non-hydrogen) atoms. The Bertz CT molecular complexity index is 729. The quantitative estimate of drug-likeness (QED) is 0.573. The van der Waals surface area contributed by atoms with Crippen molar-refractivity contribution in [3.8, 4) is 0 Å². The van der Waals surface area contributed by atoms with Crippen molar-refractivity contribution in [3.05, 3.63) is 36.0 Å². The highest BCUT2D eigenvalue weighted by atomic mass is 16.6. The van der Waals surface area contributed by atoms with Gasteiger partial charge in [-0.2, -0.15) is 0 Å². The average molecular weight is 347 g/mol. The molecule has 1 aromatic heterocycles. The van der Waals surface area contributed by atoms with Gasteiger partial charge < -0.3 is 23.5 Å². The van der Waals surface area contributed by atoms with Gasteiger partial charge in [0.1, 0.15) is 13.2 Å². The normalized spacial score (nSPS) is 18.8. The maximum atomic E-state index is 12.6. The lowest BCUT2D eigenvalue weighted by Crippen LogP contribution is -2.27. The molecule has 1 aliphatic heterocycles. The van der Waals surface area contributed by atoms with Crippen LogP contribution in [0.15, 0.2) is 30.5 Å². The van der Waals surface area contributed by atoms with Gasteiger partial charge in [0.05, 0.1) is 26.4 Å². The number of nitrogens with zero attached hydrogens (tertiary/aromatic N) is 1. The largest absolute Gasteiger partial charge is 0.462 e. The summed E-state index contributed by atoms with van der Waals surface area (Å²) in [5.74, 6) is -2.40. The van der Waals surface area contributed by atoms with Gasteiger partial charge in [-0.1, -0.05) is 18.2 Å². The van der Waals surface area contributed by atoms with E-state index in [0.717, 1.165) is 10.9 Å². The van der Waals surface area contributed by atoms with Crippen LogP contribution < -0.4 is 0 Å². The van der Waals surface area contributed by atoms with Crippen LogP contribution in [0.2, 0.25) is 0 Å². The van der Waals surface area contributed by atoms with Crippen LogP contribution in [0.1, 0.15) is 11.5 Å². The van der Waals surface area contributed by atoms with Crippen molar-refractivity contribution in [2.75, 3.05) is 39.6 Å². The Hall–Kier alpha value is -2.38. The third-order valence-corrected chi connectivity index (χ3v) is 4.03. The summed E-state index contributed by atoms with van der Waals surface area (Å²) in [4.78, 5) is 25.1. The lowest BCUT2D eigenvalue weighted by molar-refractivity contribution is -0.158. The molecule has 0 atom stereocenters. The zero-order chi connectivity index (χ0) is 17.6. The number of hydrogen-bond donors (Lipinski definition) is 0. The summed E-state index contributed by atoms with van der Waals surface area (Å²) >= 11 is 0. The molecule has 1 saturated heterocycles. The molecule has 1 aromatic carbocycles. The van der Waals surface area contributed by atoms with Gasteiger partial charge in [-0.05, 0) is 6.07 Å². The number of rotatable bonds is 1. The molecule has 3 rings (SSSR count). The monoisotopic (exact) mass is 347 g/mol. The van der Waals surface area contributed by atoms with E-state index < -0.39 is 17.9 Å². The van der Waals surface area contributed by atoms with Gasteiger partial charge in [0.2, 0.25) is 0 Å². The first-order chi connectivity index (χ1) is 12.2. The van der Waals surface area contributed by atoms with Crippen LogP contribution in [-0.2, 0) is 35.6 Å². The van der Waals surface area contributed by atoms with Crippen molar-refractivity contribution in [1.29, 1.82) is 0 Å². The fourth-order valence-electron chi connectivity index (χ4n) is 2.84. The number of carbonyl (C=O) groups is 2. The summed E-state index contributed by atoms with van der Waals surface area (Å²) in [6, 6.07) is 7.57. The first-order valence-corrected chi connectivity index (χ1v) is 8.21. The Morgan fingerprint density at radius 3 is 2.08 bits per heavy atom. The van der Waals surface area contributed by atoms with Gasteiger partial charge in [0, 0.05) is 29.7 Å². The van der Waals surface area contributed by atoms with Crippen molar-refractivity contribution >= 4 is 22.8 Å². The van der Waals surface area contributed by atoms with Crippen LogP contribution >= 0.6 is 0 Å². The molecule has 2 aromatic rings.